The summed E-state index contributed by atoms with van der Waals surface area (Å²) in [4.78, 5) is 14.1. The molecule has 0 aliphatic heterocycles. The molecule has 0 aliphatic rings. The molecule has 0 saturated heterocycles. The summed E-state index contributed by atoms with van der Waals surface area (Å²) in [6.45, 7) is 2.62. The number of aromatic nitrogens is 2. The van der Waals surface area contributed by atoms with Crippen LogP contribution in [-0.4, -0.2) is 66.8 Å². The highest BCUT2D eigenvalue weighted by molar-refractivity contribution is 9.10. The standard InChI is InChI=1S/C12H21BrN4O3/c1-16(2)4-5-17-12(19)11(13)10(9-15-17)14-3-7-20-8-6-18/h9,14,18H,3-8H2,1-2H3. The van der Waals surface area contributed by atoms with Gasteiger partial charge in [0.1, 0.15) is 4.47 Å². The van der Waals surface area contributed by atoms with E-state index in [1.165, 1.54) is 4.68 Å². The summed E-state index contributed by atoms with van der Waals surface area (Å²) >= 11 is 3.29. The number of aliphatic hydroxyl groups is 1. The Balaban J connectivity index is 2.57. The zero-order chi connectivity index (χ0) is 15.0. The Hall–Kier alpha value is -0.960. The molecule has 0 saturated carbocycles. The van der Waals surface area contributed by atoms with Gasteiger partial charge in [-0.2, -0.15) is 5.10 Å². The van der Waals surface area contributed by atoms with Crippen molar-refractivity contribution in [2.75, 3.05) is 52.3 Å². The van der Waals surface area contributed by atoms with Gasteiger partial charge in [0.15, 0.2) is 0 Å². The molecule has 2 N–H and O–H groups in total. The predicted octanol–water partition coefficient (Wildman–Crippen LogP) is -0.0118. The molecular weight excluding hydrogens is 328 g/mol. The van der Waals surface area contributed by atoms with Crippen LogP contribution in [0, 0.1) is 0 Å². The van der Waals surface area contributed by atoms with Crippen LogP contribution in [0.15, 0.2) is 15.5 Å². The number of anilines is 1. The maximum Gasteiger partial charge on any atom is 0.283 e. The molecule has 0 amide bonds. The fraction of sp³-hybridized carbons (Fsp3) is 0.667. The Morgan fingerprint density at radius 1 is 1.50 bits per heavy atom. The van der Waals surface area contributed by atoms with Crippen LogP contribution in [-0.2, 0) is 11.3 Å². The molecule has 1 heterocycles. The van der Waals surface area contributed by atoms with E-state index in [1.54, 1.807) is 6.20 Å². The van der Waals surface area contributed by atoms with E-state index in [1.807, 2.05) is 19.0 Å². The zero-order valence-corrected chi connectivity index (χ0v) is 13.4. The molecule has 0 aromatic carbocycles. The molecule has 20 heavy (non-hydrogen) atoms. The number of nitrogens with zero attached hydrogens (tertiary/aromatic N) is 3. The second kappa shape index (κ2) is 9.06. The van der Waals surface area contributed by atoms with Gasteiger partial charge in [-0.1, -0.05) is 0 Å². The Morgan fingerprint density at radius 2 is 2.25 bits per heavy atom. The first-order chi connectivity index (χ1) is 9.56. The number of hydrogen-bond donors (Lipinski definition) is 2. The molecule has 114 valence electrons. The molecule has 0 aliphatic carbocycles. The summed E-state index contributed by atoms with van der Waals surface area (Å²) in [7, 11) is 3.89. The Labute approximate surface area is 126 Å². The summed E-state index contributed by atoms with van der Waals surface area (Å²) in [5.74, 6) is 0. The van der Waals surface area contributed by atoms with Crippen molar-refractivity contribution in [3.63, 3.8) is 0 Å². The first-order valence-electron chi connectivity index (χ1n) is 6.39. The quantitative estimate of drug-likeness (QED) is 0.611. The van der Waals surface area contributed by atoms with Crippen LogP contribution in [0.3, 0.4) is 0 Å². The molecule has 0 spiro atoms. The van der Waals surface area contributed by atoms with Crippen LogP contribution in [0.5, 0.6) is 0 Å². The SMILES string of the molecule is CN(C)CCn1ncc(NCCOCCO)c(Br)c1=O. The second-order valence-electron chi connectivity index (χ2n) is 4.47. The first kappa shape index (κ1) is 17.1. The minimum absolute atomic E-state index is 0.00711. The van der Waals surface area contributed by atoms with Gasteiger partial charge in [0.25, 0.3) is 5.56 Å². The minimum Gasteiger partial charge on any atom is -0.394 e. The van der Waals surface area contributed by atoms with Crippen molar-refractivity contribution in [3.8, 4) is 0 Å². The van der Waals surface area contributed by atoms with Crippen molar-refractivity contribution in [2.45, 2.75) is 6.54 Å². The third kappa shape index (κ3) is 5.58. The van der Waals surface area contributed by atoms with E-state index in [0.717, 1.165) is 6.54 Å². The summed E-state index contributed by atoms with van der Waals surface area (Å²) in [5, 5.41) is 15.8. The molecule has 0 atom stereocenters. The van der Waals surface area contributed by atoms with Gasteiger partial charge < -0.3 is 20.1 Å². The maximum absolute atomic E-state index is 12.1. The Morgan fingerprint density at radius 3 is 2.90 bits per heavy atom. The van der Waals surface area contributed by atoms with Crippen LogP contribution in [0.2, 0.25) is 0 Å². The molecule has 0 bridgehead atoms. The van der Waals surface area contributed by atoms with Crippen LogP contribution in [0.25, 0.3) is 0 Å². The topological polar surface area (TPSA) is 79.6 Å². The summed E-state index contributed by atoms with van der Waals surface area (Å²) in [6, 6.07) is 0. The number of rotatable bonds is 9. The molecule has 1 rings (SSSR count). The van der Waals surface area contributed by atoms with E-state index in [4.69, 9.17) is 9.84 Å². The van der Waals surface area contributed by atoms with Crippen molar-refractivity contribution in [1.82, 2.24) is 14.7 Å². The van der Waals surface area contributed by atoms with Crippen molar-refractivity contribution in [3.05, 3.63) is 21.0 Å². The average molecular weight is 349 g/mol. The van der Waals surface area contributed by atoms with Gasteiger partial charge in [-0.25, -0.2) is 4.68 Å². The van der Waals surface area contributed by atoms with Crippen LogP contribution >= 0.6 is 15.9 Å². The third-order valence-electron chi connectivity index (χ3n) is 2.54. The minimum atomic E-state index is -0.159. The van der Waals surface area contributed by atoms with Crippen molar-refractivity contribution < 1.29 is 9.84 Å². The second-order valence-corrected chi connectivity index (χ2v) is 5.26. The Bertz CT molecular complexity index is 465. The van der Waals surface area contributed by atoms with Gasteiger partial charge in [0, 0.05) is 13.1 Å². The van der Waals surface area contributed by atoms with Gasteiger partial charge in [-0.05, 0) is 30.0 Å². The molecule has 7 nitrogen and oxygen atoms in total. The lowest BCUT2D eigenvalue weighted by Crippen LogP contribution is -2.29. The number of ether oxygens (including phenoxy) is 1. The van der Waals surface area contributed by atoms with Crippen molar-refractivity contribution in [2.24, 2.45) is 0 Å². The van der Waals surface area contributed by atoms with E-state index in [0.29, 0.717) is 36.5 Å². The van der Waals surface area contributed by atoms with Gasteiger partial charge in [0.05, 0.1) is 38.2 Å². The van der Waals surface area contributed by atoms with E-state index in [2.05, 4.69) is 26.3 Å². The molecule has 1 aromatic heterocycles. The van der Waals surface area contributed by atoms with Crippen molar-refractivity contribution in [1.29, 1.82) is 0 Å². The Kier molecular flexibility index (Phi) is 7.75. The number of nitrogens with one attached hydrogen (secondary N) is 1. The largest absolute Gasteiger partial charge is 0.394 e. The smallest absolute Gasteiger partial charge is 0.283 e. The van der Waals surface area contributed by atoms with Crippen molar-refractivity contribution >= 4 is 21.6 Å². The number of halogens is 1. The van der Waals surface area contributed by atoms with Gasteiger partial charge in [0.2, 0.25) is 0 Å². The molecule has 8 heteroatoms. The lowest BCUT2D eigenvalue weighted by molar-refractivity contribution is 0.0992. The van der Waals surface area contributed by atoms with Crippen LogP contribution < -0.4 is 10.9 Å². The number of likely N-dealkylation sites (N-methyl/N-ethyl adjacent to an activating group) is 1. The molecule has 1 aromatic rings. The molecule has 0 fully saturated rings. The zero-order valence-electron chi connectivity index (χ0n) is 11.8. The highest BCUT2D eigenvalue weighted by Gasteiger charge is 2.08. The molecule has 0 radical (unpaired) electrons. The first-order valence-corrected chi connectivity index (χ1v) is 7.18. The fourth-order valence-corrected chi connectivity index (χ4v) is 1.91. The monoisotopic (exact) mass is 348 g/mol. The normalized spacial score (nSPS) is 11.1. The summed E-state index contributed by atoms with van der Waals surface area (Å²) in [5.41, 5.74) is 0.483. The summed E-state index contributed by atoms with van der Waals surface area (Å²) < 4.78 is 7.02. The lowest BCUT2D eigenvalue weighted by atomic mass is 10.4. The molecular formula is C12H21BrN4O3. The summed E-state index contributed by atoms with van der Waals surface area (Å²) in [6.07, 6.45) is 1.62. The highest BCUT2D eigenvalue weighted by atomic mass is 79.9. The van der Waals surface area contributed by atoms with E-state index < -0.39 is 0 Å². The molecule has 0 unspecified atom stereocenters. The third-order valence-corrected chi connectivity index (χ3v) is 3.31. The van der Waals surface area contributed by atoms with E-state index >= 15 is 0 Å². The predicted molar refractivity (Wildman–Crippen MR) is 81.1 cm³/mol. The van der Waals surface area contributed by atoms with Crippen LogP contribution in [0.1, 0.15) is 0 Å². The van der Waals surface area contributed by atoms with Crippen LogP contribution in [0.4, 0.5) is 5.69 Å². The fourth-order valence-electron chi connectivity index (χ4n) is 1.47. The van der Waals surface area contributed by atoms with E-state index in [9.17, 15) is 4.79 Å². The maximum atomic E-state index is 12.1. The van der Waals surface area contributed by atoms with Gasteiger partial charge in [-0.3, -0.25) is 4.79 Å². The van der Waals surface area contributed by atoms with Gasteiger partial charge >= 0.3 is 0 Å². The highest BCUT2D eigenvalue weighted by Crippen LogP contribution is 2.15. The van der Waals surface area contributed by atoms with E-state index in [-0.39, 0.29) is 12.2 Å². The number of hydrogen-bond acceptors (Lipinski definition) is 6. The van der Waals surface area contributed by atoms with Gasteiger partial charge in [-0.15, -0.1) is 0 Å². The lowest BCUT2D eigenvalue weighted by Gasteiger charge is -2.12. The number of aliphatic hydroxyl groups excluding tert-OH is 1. The average Bonchev–Trinajstić information content (AvgIpc) is 2.42.